The third-order valence-corrected chi connectivity index (χ3v) is 8.71. The van der Waals surface area contributed by atoms with Gasteiger partial charge in [0.15, 0.2) is 0 Å². The van der Waals surface area contributed by atoms with Crippen LogP contribution in [-0.2, 0) is 32.6 Å². The Bertz CT molecular complexity index is 1140. The van der Waals surface area contributed by atoms with Crippen LogP contribution in [0.3, 0.4) is 0 Å². The van der Waals surface area contributed by atoms with E-state index in [1.54, 1.807) is 22.2 Å². The van der Waals surface area contributed by atoms with Crippen molar-refractivity contribution in [1.82, 2.24) is 19.7 Å². The molecule has 170 valence electrons. The molecule has 0 spiro atoms. The molecule has 5 rings (SSSR count). The fraction of sp³-hybridized carbons (Fsp3) is 0.429. The first-order valence-corrected chi connectivity index (χ1v) is 12.9. The largest absolute Gasteiger partial charge is 0.371 e. The summed E-state index contributed by atoms with van der Waals surface area (Å²) in [5, 5.41) is 10.4. The summed E-state index contributed by atoms with van der Waals surface area (Å²) >= 11 is 1.19. The van der Waals surface area contributed by atoms with E-state index in [1.165, 1.54) is 21.8 Å². The molecule has 4 heterocycles. The van der Waals surface area contributed by atoms with Crippen molar-refractivity contribution in [2.24, 2.45) is 0 Å². The zero-order valence-electron chi connectivity index (χ0n) is 17.6. The number of nitrogens with one attached hydrogen (secondary N) is 2. The van der Waals surface area contributed by atoms with E-state index in [0.29, 0.717) is 10.8 Å². The van der Waals surface area contributed by atoms with Gasteiger partial charge in [-0.1, -0.05) is 41.6 Å². The number of quaternary nitrogens is 1. The average molecular weight is 477 g/mol. The number of rotatable bonds is 8. The number of hydrogen-bond donors (Lipinski definition) is 2. The van der Waals surface area contributed by atoms with Crippen LogP contribution in [-0.4, -0.2) is 61.9 Å². The Morgan fingerprint density at radius 2 is 1.94 bits per heavy atom. The van der Waals surface area contributed by atoms with Gasteiger partial charge < -0.3 is 14.4 Å². The fourth-order valence-corrected chi connectivity index (χ4v) is 6.59. The van der Waals surface area contributed by atoms with Gasteiger partial charge in [0.25, 0.3) is 0 Å². The van der Waals surface area contributed by atoms with Gasteiger partial charge in [-0.2, -0.15) is 0 Å². The number of ether oxygens (including phenoxy) is 2. The molecule has 11 heteroatoms. The molecule has 5 atom stereocenters. The number of thiophene rings is 1. The van der Waals surface area contributed by atoms with E-state index in [1.807, 2.05) is 24.4 Å². The number of nitrogens with zero attached hydrogens (tertiary/aromatic N) is 3. The second kappa shape index (κ2) is 9.00. The lowest BCUT2D eigenvalue weighted by molar-refractivity contribution is -0.908. The van der Waals surface area contributed by atoms with Crippen LogP contribution in [0.1, 0.15) is 17.3 Å². The molecular formula is C21H26N5O4S2+. The molecule has 2 aliphatic heterocycles. The highest BCUT2D eigenvalue weighted by Crippen LogP contribution is 2.34. The lowest BCUT2D eigenvalue weighted by Gasteiger charge is -2.17. The summed E-state index contributed by atoms with van der Waals surface area (Å²) in [5.41, 5.74) is 2.18. The van der Waals surface area contributed by atoms with Gasteiger partial charge in [0, 0.05) is 5.56 Å². The van der Waals surface area contributed by atoms with Crippen LogP contribution in [0.4, 0.5) is 0 Å². The summed E-state index contributed by atoms with van der Waals surface area (Å²) in [6, 6.07) is 13.1. The van der Waals surface area contributed by atoms with E-state index < -0.39 is 16.1 Å². The van der Waals surface area contributed by atoms with Gasteiger partial charge >= 0.3 is 0 Å². The first-order chi connectivity index (χ1) is 15.5. The number of aromatic nitrogens is 3. The van der Waals surface area contributed by atoms with Gasteiger partial charge in [0.1, 0.15) is 41.2 Å². The highest BCUT2D eigenvalue weighted by Gasteiger charge is 2.50. The van der Waals surface area contributed by atoms with E-state index in [2.05, 4.69) is 34.2 Å². The van der Waals surface area contributed by atoms with Crippen molar-refractivity contribution >= 4 is 21.4 Å². The maximum absolute atomic E-state index is 12.6. The lowest BCUT2D eigenvalue weighted by atomic mass is 10.1. The molecule has 1 unspecified atom stereocenters. The summed E-state index contributed by atoms with van der Waals surface area (Å²) in [5.74, 6) is 0. The Balaban J connectivity index is 1.21. The zero-order valence-corrected chi connectivity index (χ0v) is 19.3. The van der Waals surface area contributed by atoms with Crippen LogP contribution in [0.15, 0.2) is 58.3 Å². The lowest BCUT2D eigenvalue weighted by Crippen LogP contribution is -3.06. The van der Waals surface area contributed by atoms with Crippen LogP contribution < -0.4 is 9.62 Å². The molecule has 2 N–H and O–H groups in total. The Labute approximate surface area is 191 Å². The van der Waals surface area contributed by atoms with Crippen LogP contribution in [0, 0.1) is 0 Å². The van der Waals surface area contributed by atoms with Gasteiger partial charge in [0.05, 0.1) is 32.5 Å². The summed E-state index contributed by atoms with van der Waals surface area (Å²) in [7, 11) is -1.46. The summed E-state index contributed by atoms with van der Waals surface area (Å²) in [6.07, 6.45) is 1.32. The van der Waals surface area contributed by atoms with Gasteiger partial charge in [0.2, 0.25) is 10.0 Å². The predicted molar refractivity (Wildman–Crippen MR) is 118 cm³/mol. The third kappa shape index (κ3) is 4.49. The SMILES string of the molecule is C[NH+](Cc1ccccc1)Cc1cn([C@H]2CO[C@H]3[C@@H]2OC[C@@H]3NS(=O)(=O)c2cccs2)nn1. The molecule has 0 saturated carbocycles. The first-order valence-electron chi connectivity index (χ1n) is 10.5. The molecule has 0 amide bonds. The maximum atomic E-state index is 12.6. The van der Waals surface area contributed by atoms with Crippen LogP contribution >= 0.6 is 11.3 Å². The number of sulfonamides is 1. The first kappa shape index (κ1) is 21.7. The molecule has 1 aromatic carbocycles. The van der Waals surface area contributed by atoms with Gasteiger partial charge in [-0.05, 0) is 11.4 Å². The Hall–Kier alpha value is -2.15. The molecule has 3 aromatic rings. The molecule has 32 heavy (non-hydrogen) atoms. The quantitative estimate of drug-likeness (QED) is 0.483. The second-order valence-electron chi connectivity index (χ2n) is 8.31. The minimum Gasteiger partial charge on any atom is -0.371 e. The molecular weight excluding hydrogens is 450 g/mol. The van der Waals surface area contributed by atoms with E-state index in [9.17, 15) is 8.42 Å². The summed E-state index contributed by atoms with van der Waals surface area (Å²) < 4.78 is 41.9. The molecule has 0 radical (unpaired) electrons. The van der Waals surface area contributed by atoms with Crippen LogP contribution in [0.2, 0.25) is 0 Å². The Morgan fingerprint density at radius 1 is 1.12 bits per heavy atom. The molecule has 0 bridgehead atoms. The monoisotopic (exact) mass is 476 g/mol. The van der Waals surface area contributed by atoms with Crippen LogP contribution in [0.5, 0.6) is 0 Å². The van der Waals surface area contributed by atoms with Crippen molar-refractivity contribution in [3.05, 3.63) is 65.3 Å². The third-order valence-electron chi connectivity index (χ3n) is 5.82. The Morgan fingerprint density at radius 3 is 2.72 bits per heavy atom. The topological polar surface area (TPSA) is 99.8 Å². The van der Waals surface area contributed by atoms with E-state index in [4.69, 9.17) is 9.47 Å². The molecule has 2 aliphatic rings. The normalized spacial score (nSPS) is 26.3. The summed E-state index contributed by atoms with van der Waals surface area (Å²) in [4.78, 5) is 1.31. The average Bonchev–Trinajstić information content (AvgIpc) is 3.55. The fourth-order valence-electron chi connectivity index (χ4n) is 4.35. The van der Waals surface area contributed by atoms with Crippen LogP contribution in [0.25, 0.3) is 0 Å². The number of hydrogen-bond acceptors (Lipinski definition) is 7. The molecule has 2 aromatic heterocycles. The standard InChI is InChI=1S/C21H25N5O4S2/c1-25(10-15-6-3-2-4-7-15)11-16-12-26(24-22-16)18-14-30-20-17(13-29-21(18)20)23-32(27,28)19-8-5-9-31-19/h2-9,12,17-18,20-21,23H,10-11,13-14H2,1H3/p+1/t17-,18-,20+,21+/m0/s1. The molecule has 2 saturated heterocycles. The van der Waals surface area contributed by atoms with E-state index in [-0.39, 0.29) is 24.9 Å². The highest BCUT2D eigenvalue weighted by molar-refractivity contribution is 7.91. The van der Waals surface area contributed by atoms with E-state index in [0.717, 1.165) is 18.8 Å². The highest BCUT2D eigenvalue weighted by atomic mass is 32.2. The van der Waals surface area contributed by atoms with Crippen molar-refractivity contribution in [1.29, 1.82) is 0 Å². The van der Waals surface area contributed by atoms with Gasteiger partial charge in [-0.15, -0.1) is 16.4 Å². The van der Waals surface area contributed by atoms with Gasteiger partial charge in [-0.3, -0.25) is 0 Å². The van der Waals surface area contributed by atoms with Crippen molar-refractivity contribution in [2.75, 3.05) is 20.3 Å². The van der Waals surface area contributed by atoms with Crippen molar-refractivity contribution in [3.63, 3.8) is 0 Å². The van der Waals surface area contributed by atoms with Crippen molar-refractivity contribution < 1.29 is 22.8 Å². The Kier molecular flexibility index (Phi) is 6.10. The minimum atomic E-state index is -3.59. The van der Waals surface area contributed by atoms with Crippen molar-refractivity contribution in [2.45, 2.75) is 41.6 Å². The second-order valence-corrected chi connectivity index (χ2v) is 11.2. The zero-order chi connectivity index (χ0) is 22.1. The predicted octanol–water partition coefficient (Wildman–Crippen LogP) is 0.240. The minimum absolute atomic E-state index is 0.132. The molecule has 0 aliphatic carbocycles. The van der Waals surface area contributed by atoms with Gasteiger partial charge in [-0.25, -0.2) is 17.8 Å². The smallest absolute Gasteiger partial charge is 0.250 e. The number of benzene rings is 1. The van der Waals surface area contributed by atoms with Crippen molar-refractivity contribution in [3.8, 4) is 0 Å². The van der Waals surface area contributed by atoms with E-state index >= 15 is 0 Å². The summed E-state index contributed by atoms with van der Waals surface area (Å²) in [6.45, 7) is 2.32. The molecule has 9 nitrogen and oxygen atoms in total. The number of fused-ring (bicyclic) bond motifs is 1. The maximum Gasteiger partial charge on any atom is 0.250 e. The molecule has 2 fully saturated rings.